The molecule has 5 nitrogen and oxygen atoms in total. The van der Waals surface area contributed by atoms with Gasteiger partial charge < -0.3 is 10.0 Å². The van der Waals surface area contributed by atoms with Crippen LogP contribution in [-0.2, 0) is 4.79 Å². The van der Waals surface area contributed by atoms with Crippen molar-refractivity contribution in [1.29, 1.82) is 0 Å². The van der Waals surface area contributed by atoms with Crippen molar-refractivity contribution < 1.29 is 14.7 Å². The first-order valence-electron chi connectivity index (χ1n) is 6.80. The summed E-state index contributed by atoms with van der Waals surface area (Å²) in [7, 11) is 0. The van der Waals surface area contributed by atoms with Crippen LogP contribution in [0.15, 0.2) is 24.4 Å². The number of amides is 1. The molecule has 5 heteroatoms. The Morgan fingerprint density at radius 2 is 2.20 bits per heavy atom. The Balaban J connectivity index is 2.08. The standard InChI is InChI=1S/C15H18N2O3/c1-2-9-17(12-5-6-12)15(20)13-7-3-11(10-16-13)4-8-14(18)19/h3-4,7-8,10,12H,2,5-6,9H2,1H3,(H,18,19). The fraction of sp³-hybridized carbons (Fsp3) is 0.400. The number of hydrogen-bond donors (Lipinski definition) is 1. The normalized spacial score (nSPS) is 14.4. The van der Waals surface area contributed by atoms with E-state index in [2.05, 4.69) is 11.9 Å². The Labute approximate surface area is 117 Å². The summed E-state index contributed by atoms with van der Waals surface area (Å²) in [4.78, 5) is 28.8. The third-order valence-corrected chi connectivity index (χ3v) is 3.14. The highest BCUT2D eigenvalue weighted by atomic mass is 16.4. The molecule has 1 fully saturated rings. The van der Waals surface area contributed by atoms with Crippen LogP contribution in [0.25, 0.3) is 6.08 Å². The Morgan fingerprint density at radius 3 is 2.70 bits per heavy atom. The minimum Gasteiger partial charge on any atom is -0.478 e. The largest absolute Gasteiger partial charge is 0.478 e. The smallest absolute Gasteiger partial charge is 0.328 e. The maximum absolute atomic E-state index is 12.3. The van der Waals surface area contributed by atoms with Gasteiger partial charge in [-0.05, 0) is 37.0 Å². The van der Waals surface area contributed by atoms with Crippen LogP contribution in [0.3, 0.4) is 0 Å². The number of carbonyl (C=O) groups is 2. The van der Waals surface area contributed by atoms with Gasteiger partial charge in [0, 0.05) is 24.9 Å². The number of rotatable bonds is 6. The molecule has 0 unspecified atom stereocenters. The number of hydrogen-bond acceptors (Lipinski definition) is 3. The molecule has 20 heavy (non-hydrogen) atoms. The van der Waals surface area contributed by atoms with Crippen molar-refractivity contribution >= 4 is 18.0 Å². The molecule has 2 rings (SSSR count). The van der Waals surface area contributed by atoms with Crippen molar-refractivity contribution in [3.63, 3.8) is 0 Å². The number of carbonyl (C=O) groups excluding carboxylic acids is 1. The maximum Gasteiger partial charge on any atom is 0.328 e. The lowest BCUT2D eigenvalue weighted by Gasteiger charge is -2.21. The van der Waals surface area contributed by atoms with Crippen LogP contribution in [0, 0.1) is 0 Å². The average molecular weight is 274 g/mol. The summed E-state index contributed by atoms with van der Waals surface area (Å²) < 4.78 is 0. The van der Waals surface area contributed by atoms with E-state index in [-0.39, 0.29) is 5.91 Å². The highest BCUT2D eigenvalue weighted by Gasteiger charge is 2.32. The first-order chi connectivity index (χ1) is 9.61. The quantitative estimate of drug-likeness (QED) is 0.807. The third kappa shape index (κ3) is 3.66. The van der Waals surface area contributed by atoms with Gasteiger partial charge in [0.05, 0.1) is 0 Å². The number of nitrogens with zero attached hydrogens (tertiary/aromatic N) is 2. The Hall–Kier alpha value is -2.17. The Morgan fingerprint density at radius 1 is 1.45 bits per heavy atom. The van der Waals surface area contributed by atoms with Crippen molar-refractivity contribution in [2.24, 2.45) is 0 Å². The van der Waals surface area contributed by atoms with E-state index in [4.69, 9.17) is 5.11 Å². The van der Waals surface area contributed by atoms with E-state index in [9.17, 15) is 9.59 Å². The van der Waals surface area contributed by atoms with Gasteiger partial charge in [-0.15, -0.1) is 0 Å². The SMILES string of the molecule is CCCN(C(=O)c1ccc(C=CC(=O)O)cn1)C1CC1. The monoisotopic (exact) mass is 274 g/mol. The van der Waals surface area contributed by atoms with Crippen LogP contribution in [0.5, 0.6) is 0 Å². The number of aliphatic carboxylic acids is 1. The van der Waals surface area contributed by atoms with Crippen LogP contribution in [0.1, 0.15) is 42.2 Å². The lowest BCUT2D eigenvalue weighted by atomic mass is 10.2. The molecular formula is C15H18N2O3. The fourth-order valence-corrected chi connectivity index (χ4v) is 2.02. The van der Waals surface area contributed by atoms with Gasteiger partial charge in [0.1, 0.15) is 5.69 Å². The van der Waals surface area contributed by atoms with E-state index >= 15 is 0 Å². The van der Waals surface area contributed by atoms with Gasteiger partial charge >= 0.3 is 5.97 Å². The first-order valence-corrected chi connectivity index (χ1v) is 6.80. The van der Waals surface area contributed by atoms with Crippen molar-refractivity contribution in [1.82, 2.24) is 9.88 Å². The molecule has 106 valence electrons. The minimum absolute atomic E-state index is 0.0388. The predicted octanol–water partition coefficient (Wildman–Crippen LogP) is 2.19. The van der Waals surface area contributed by atoms with Crippen molar-refractivity contribution in [2.75, 3.05) is 6.54 Å². The molecule has 0 saturated heterocycles. The van der Waals surface area contributed by atoms with Gasteiger partial charge in [-0.3, -0.25) is 9.78 Å². The number of carboxylic acids is 1. The third-order valence-electron chi connectivity index (χ3n) is 3.14. The molecule has 1 aliphatic rings. The van der Waals surface area contributed by atoms with Gasteiger partial charge in [-0.2, -0.15) is 0 Å². The molecule has 0 radical (unpaired) electrons. The molecule has 1 aromatic rings. The molecule has 0 aliphatic heterocycles. The van der Waals surface area contributed by atoms with Crippen molar-refractivity contribution in [3.05, 3.63) is 35.7 Å². The highest BCUT2D eigenvalue weighted by molar-refractivity contribution is 5.93. The summed E-state index contributed by atoms with van der Waals surface area (Å²) in [6.45, 7) is 2.81. The zero-order valence-electron chi connectivity index (χ0n) is 11.5. The van der Waals surface area contributed by atoms with Crippen LogP contribution in [0.2, 0.25) is 0 Å². The van der Waals surface area contributed by atoms with Gasteiger partial charge in [0.15, 0.2) is 0 Å². The summed E-state index contributed by atoms with van der Waals surface area (Å²) in [5.41, 5.74) is 1.08. The number of pyridine rings is 1. The number of carboxylic acid groups (broad SMARTS) is 1. The van der Waals surface area contributed by atoms with Crippen molar-refractivity contribution in [3.8, 4) is 0 Å². The van der Waals surface area contributed by atoms with E-state index in [1.54, 1.807) is 12.1 Å². The lowest BCUT2D eigenvalue weighted by molar-refractivity contribution is -0.131. The second-order valence-corrected chi connectivity index (χ2v) is 4.88. The van der Waals surface area contributed by atoms with Crippen LogP contribution < -0.4 is 0 Å². The van der Waals surface area contributed by atoms with E-state index in [1.165, 1.54) is 12.3 Å². The van der Waals surface area contributed by atoms with Crippen LogP contribution in [-0.4, -0.2) is 39.5 Å². The van der Waals surface area contributed by atoms with Crippen LogP contribution in [0.4, 0.5) is 0 Å². The second kappa shape index (κ2) is 6.32. The molecule has 1 amide bonds. The zero-order valence-corrected chi connectivity index (χ0v) is 11.5. The topological polar surface area (TPSA) is 70.5 Å². The molecule has 1 heterocycles. The molecule has 1 aliphatic carbocycles. The van der Waals surface area contributed by atoms with Gasteiger partial charge in [-0.1, -0.05) is 13.0 Å². The minimum atomic E-state index is -1.01. The van der Waals surface area contributed by atoms with E-state index in [0.717, 1.165) is 31.9 Å². The van der Waals surface area contributed by atoms with Gasteiger partial charge in [0.2, 0.25) is 0 Å². The highest BCUT2D eigenvalue weighted by Crippen LogP contribution is 2.28. The van der Waals surface area contributed by atoms with E-state index in [0.29, 0.717) is 17.3 Å². The summed E-state index contributed by atoms with van der Waals surface area (Å²) in [6, 6.07) is 3.72. The summed E-state index contributed by atoms with van der Waals surface area (Å²) in [6.07, 6.45) is 7.10. The molecule has 1 saturated carbocycles. The summed E-state index contributed by atoms with van der Waals surface area (Å²) >= 11 is 0. The van der Waals surface area contributed by atoms with Gasteiger partial charge in [-0.25, -0.2) is 4.79 Å². The Kier molecular flexibility index (Phi) is 4.50. The predicted molar refractivity (Wildman–Crippen MR) is 75.3 cm³/mol. The molecule has 1 aromatic heterocycles. The molecule has 0 bridgehead atoms. The summed E-state index contributed by atoms with van der Waals surface area (Å²) in [5, 5.41) is 8.55. The maximum atomic E-state index is 12.3. The summed E-state index contributed by atoms with van der Waals surface area (Å²) in [5.74, 6) is -1.05. The molecule has 0 spiro atoms. The average Bonchev–Trinajstić information content (AvgIpc) is 3.27. The lowest BCUT2D eigenvalue weighted by Crippen LogP contribution is -2.34. The Bertz CT molecular complexity index is 518. The first kappa shape index (κ1) is 14.2. The second-order valence-electron chi connectivity index (χ2n) is 4.88. The van der Waals surface area contributed by atoms with Crippen molar-refractivity contribution in [2.45, 2.75) is 32.2 Å². The van der Waals surface area contributed by atoms with E-state index in [1.807, 2.05) is 4.90 Å². The van der Waals surface area contributed by atoms with Gasteiger partial charge in [0.25, 0.3) is 5.91 Å². The fourth-order valence-electron chi connectivity index (χ4n) is 2.02. The molecule has 0 atom stereocenters. The molecular weight excluding hydrogens is 256 g/mol. The van der Waals surface area contributed by atoms with E-state index < -0.39 is 5.97 Å². The molecule has 0 aromatic carbocycles. The number of aromatic nitrogens is 1. The van der Waals surface area contributed by atoms with Crippen LogP contribution >= 0.6 is 0 Å². The molecule has 1 N–H and O–H groups in total. The zero-order chi connectivity index (χ0) is 14.5.